The van der Waals surface area contributed by atoms with Crippen molar-refractivity contribution in [3.63, 3.8) is 0 Å². The Hall–Kier alpha value is -1.55. The molecule has 112 valence electrons. The van der Waals surface area contributed by atoms with Crippen molar-refractivity contribution < 1.29 is 9.53 Å². The Morgan fingerprint density at radius 2 is 1.95 bits per heavy atom. The van der Waals surface area contributed by atoms with Crippen molar-refractivity contribution in [3.05, 3.63) is 29.8 Å². The third-order valence-electron chi connectivity index (χ3n) is 2.70. The molecule has 0 saturated carbocycles. The number of nitrogens with one attached hydrogen (secondary N) is 2. The van der Waals surface area contributed by atoms with Gasteiger partial charge < -0.3 is 15.4 Å². The Bertz CT molecular complexity index is 388. The molecule has 0 aliphatic carbocycles. The first kappa shape index (κ1) is 16.5. The molecule has 0 aromatic heterocycles. The average Bonchev–Trinajstić information content (AvgIpc) is 2.42. The molecule has 0 saturated heterocycles. The van der Waals surface area contributed by atoms with Gasteiger partial charge in [0.25, 0.3) is 0 Å². The molecule has 2 N–H and O–H groups in total. The van der Waals surface area contributed by atoms with Crippen molar-refractivity contribution in [1.29, 1.82) is 0 Å². The predicted molar refractivity (Wildman–Crippen MR) is 81.8 cm³/mol. The Morgan fingerprint density at radius 1 is 1.25 bits per heavy atom. The summed E-state index contributed by atoms with van der Waals surface area (Å²) in [5.41, 5.74) is 1.19. The van der Waals surface area contributed by atoms with E-state index in [0.29, 0.717) is 13.0 Å². The van der Waals surface area contributed by atoms with Crippen LogP contribution < -0.4 is 15.4 Å². The van der Waals surface area contributed by atoms with Gasteiger partial charge in [0.2, 0.25) is 5.91 Å². The fourth-order valence-electron chi connectivity index (χ4n) is 1.75. The van der Waals surface area contributed by atoms with Gasteiger partial charge in [-0.1, -0.05) is 19.1 Å². The Labute approximate surface area is 121 Å². The summed E-state index contributed by atoms with van der Waals surface area (Å²) in [6.07, 6.45) is 1.53. The van der Waals surface area contributed by atoms with Crippen LogP contribution in [0.15, 0.2) is 24.3 Å². The number of carbonyl (C=O) groups excluding carboxylic acids is 1. The van der Waals surface area contributed by atoms with Crippen LogP contribution in [0.3, 0.4) is 0 Å². The average molecular weight is 278 g/mol. The van der Waals surface area contributed by atoms with Gasteiger partial charge in [-0.25, -0.2) is 0 Å². The van der Waals surface area contributed by atoms with Crippen LogP contribution in [-0.4, -0.2) is 25.1 Å². The zero-order valence-electron chi connectivity index (χ0n) is 12.7. The maximum absolute atomic E-state index is 11.4. The molecular formula is C16H26N2O2. The molecule has 0 aliphatic rings. The number of carbonyl (C=O) groups is 1. The predicted octanol–water partition coefficient (Wildman–Crippen LogP) is 2.48. The molecule has 1 aromatic rings. The molecule has 4 nitrogen and oxygen atoms in total. The number of rotatable bonds is 9. The van der Waals surface area contributed by atoms with Crippen molar-refractivity contribution in [1.82, 2.24) is 10.6 Å². The lowest BCUT2D eigenvalue weighted by Crippen LogP contribution is -2.32. The first-order valence-electron chi connectivity index (χ1n) is 7.33. The molecule has 0 unspecified atom stereocenters. The van der Waals surface area contributed by atoms with E-state index in [0.717, 1.165) is 25.3 Å². The minimum Gasteiger partial charge on any atom is -0.494 e. The Kier molecular flexibility index (Phi) is 7.73. The van der Waals surface area contributed by atoms with E-state index in [1.54, 1.807) is 0 Å². The summed E-state index contributed by atoms with van der Waals surface area (Å²) >= 11 is 0. The molecule has 0 heterocycles. The van der Waals surface area contributed by atoms with E-state index in [2.05, 4.69) is 17.6 Å². The first-order valence-corrected chi connectivity index (χ1v) is 7.33. The van der Waals surface area contributed by atoms with E-state index in [1.165, 1.54) is 5.56 Å². The van der Waals surface area contributed by atoms with Gasteiger partial charge >= 0.3 is 0 Å². The Balaban J connectivity index is 2.20. The molecule has 0 bridgehead atoms. The van der Waals surface area contributed by atoms with Crippen molar-refractivity contribution in [2.24, 2.45) is 0 Å². The molecule has 1 amide bonds. The number of amides is 1. The van der Waals surface area contributed by atoms with Crippen LogP contribution in [0, 0.1) is 0 Å². The van der Waals surface area contributed by atoms with E-state index < -0.39 is 0 Å². The highest BCUT2D eigenvalue weighted by atomic mass is 16.5. The first-order chi connectivity index (χ1) is 9.61. The van der Waals surface area contributed by atoms with E-state index in [1.807, 2.05) is 38.1 Å². The minimum absolute atomic E-state index is 0.0933. The van der Waals surface area contributed by atoms with E-state index in [9.17, 15) is 4.79 Å². The molecule has 0 spiro atoms. The fourth-order valence-corrected chi connectivity index (χ4v) is 1.75. The minimum atomic E-state index is 0.0933. The third kappa shape index (κ3) is 7.14. The second kappa shape index (κ2) is 9.37. The monoisotopic (exact) mass is 278 g/mol. The third-order valence-corrected chi connectivity index (χ3v) is 2.70. The number of benzene rings is 1. The maximum Gasteiger partial charge on any atom is 0.221 e. The van der Waals surface area contributed by atoms with Gasteiger partial charge in [-0.2, -0.15) is 0 Å². The van der Waals surface area contributed by atoms with Gasteiger partial charge in [0.15, 0.2) is 0 Å². The lowest BCUT2D eigenvalue weighted by molar-refractivity contribution is -0.121. The van der Waals surface area contributed by atoms with Gasteiger partial charge in [-0.05, 0) is 38.0 Å². The van der Waals surface area contributed by atoms with E-state index in [-0.39, 0.29) is 11.9 Å². The molecule has 0 fully saturated rings. The summed E-state index contributed by atoms with van der Waals surface area (Å²) in [6, 6.07) is 8.27. The van der Waals surface area contributed by atoms with Gasteiger partial charge in [0.1, 0.15) is 5.75 Å². The molecular weight excluding hydrogens is 252 g/mol. The van der Waals surface area contributed by atoms with E-state index >= 15 is 0 Å². The van der Waals surface area contributed by atoms with Crippen molar-refractivity contribution in [3.8, 4) is 5.75 Å². The smallest absolute Gasteiger partial charge is 0.221 e. The van der Waals surface area contributed by atoms with Crippen LogP contribution in [0.5, 0.6) is 5.75 Å². The highest BCUT2D eigenvalue weighted by Crippen LogP contribution is 2.12. The fraction of sp³-hybridized carbons (Fsp3) is 0.562. The lowest BCUT2D eigenvalue weighted by Gasteiger charge is -2.09. The SMILES string of the molecule is CCCOc1ccc(CNCCC(=O)NC(C)C)cc1. The van der Waals surface area contributed by atoms with Gasteiger partial charge in [-0.15, -0.1) is 0 Å². The highest BCUT2D eigenvalue weighted by molar-refractivity contribution is 5.76. The second-order valence-corrected chi connectivity index (χ2v) is 5.14. The molecule has 4 heteroatoms. The van der Waals surface area contributed by atoms with Crippen LogP contribution in [0.25, 0.3) is 0 Å². The lowest BCUT2D eigenvalue weighted by atomic mass is 10.2. The van der Waals surface area contributed by atoms with Crippen LogP contribution in [0.4, 0.5) is 0 Å². The maximum atomic E-state index is 11.4. The highest BCUT2D eigenvalue weighted by Gasteiger charge is 2.02. The van der Waals surface area contributed by atoms with E-state index in [4.69, 9.17) is 4.74 Å². The zero-order chi connectivity index (χ0) is 14.8. The van der Waals surface area contributed by atoms with Crippen LogP contribution in [-0.2, 0) is 11.3 Å². The van der Waals surface area contributed by atoms with Crippen LogP contribution in [0.1, 0.15) is 39.2 Å². The van der Waals surface area contributed by atoms with Crippen LogP contribution >= 0.6 is 0 Å². The van der Waals surface area contributed by atoms with Gasteiger partial charge in [0.05, 0.1) is 6.61 Å². The zero-order valence-corrected chi connectivity index (χ0v) is 12.7. The molecule has 0 radical (unpaired) electrons. The van der Waals surface area contributed by atoms with Crippen molar-refractivity contribution in [2.75, 3.05) is 13.2 Å². The molecule has 1 rings (SSSR count). The van der Waals surface area contributed by atoms with Gasteiger partial charge in [0, 0.05) is 25.6 Å². The summed E-state index contributed by atoms with van der Waals surface area (Å²) in [5.74, 6) is 1.00. The summed E-state index contributed by atoms with van der Waals surface area (Å²) in [6.45, 7) is 8.23. The van der Waals surface area contributed by atoms with Crippen molar-refractivity contribution in [2.45, 2.75) is 46.2 Å². The molecule has 20 heavy (non-hydrogen) atoms. The topological polar surface area (TPSA) is 50.4 Å². The number of hydrogen-bond donors (Lipinski definition) is 2. The quantitative estimate of drug-likeness (QED) is 0.682. The summed E-state index contributed by atoms with van der Waals surface area (Å²) in [5, 5.41) is 6.14. The standard InChI is InChI=1S/C16H26N2O2/c1-4-11-20-15-7-5-14(6-8-15)12-17-10-9-16(19)18-13(2)3/h5-8,13,17H,4,9-12H2,1-3H3,(H,18,19). The summed E-state index contributed by atoms with van der Waals surface area (Å²) in [7, 11) is 0. The second-order valence-electron chi connectivity index (χ2n) is 5.14. The molecule has 0 atom stereocenters. The van der Waals surface area contributed by atoms with Gasteiger partial charge in [-0.3, -0.25) is 4.79 Å². The Morgan fingerprint density at radius 3 is 2.55 bits per heavy atom. The normalized spacial score (nSPS) is 10.6. The van der Waals surface area contributed by atoms with Crippen LogP contribution in [0.2, 0.25) is 0 Å². The molecule has 0 aliphatic heterocycles. The summed E-state index contributed by atoms with van der Waals surface area (Å²) < 4.78 is 5.53. The largest absolute Gasteiger partial charge is 0.494 e. The number of ether oxygens (including phenoxy) is 1. The molecule has 1 aromatic carbocycles. The van der Waals surface area contributed by atoms with Crippen molar-refractivity contribution >= 4 is 5.91 Å². The summed E-state index contributed by atoms with van der Waals surface area (Å²) in [4.78, 5) is 11.4. The number of hydrogen-bond acceptors (Lipinski definition) is 3.